The van der Waals surface area contributed by atoms with E-state index < -0.39 is 0 Å². The molecule has 0 saturated carbocycles. The molecule has 2 heteroatoms. The van der Waals surface area contributed by atoms with Crippen LogP contribution in [0.2, 0.25) is 0 Å². The van der Waals surface area contributed by atoms with Crippen LogP contribution in [0.15, 0.2) is 36.5 Å². The number of nitrogens with zero attached hydrogens (tertiary/aromatic N) is 2. The van der Waals surface area contributed by atoms with Crippen molar-refractivity contribution in [2.24, 2.45) is 0 Å². The Morgan fingerprint density at radius 1 is 1.11 bits per heavy atom. The Balaban J connectivity index is 0.000000637. The highest BCUT2D eigenvalue weighted by atomic mass is 15.1. The van der Waals surface area contributed by atoms with Gasteiger partial charge in [-0.25, -0.2) is 0 Å². The third kappa shape index (κ3) is 2.78. The molecule has 3 rings (SSSR count). The van der Waals surface area contributed by atoms with Crippen LogP contribution in [-0.2, 0) is 6.42 Å². The number of likely N-dealkylation sites (N-methyl/N-ethyl adjacent to an activating group) is 1. The van der Waals surface area contributed by atoms with Crippen molar-refractivity contribution in [1.82, 2.24) is 4.98 Å². The van der Waals surface area contributed by atoms with Gasteiger partial charge in [0.1, 0.15) is 0 Å². The van der Waals surface area contributed by atoms with E-state index in [1.165, 1.54) is 22.4 Å². The van der Waals surface area contributed by atoms with Gasteiger partial charge in [-0.1, -0.05) is 19.9 Å². The molecule has 0 radical (unpaired) electrons. The van der Waals surface area contributed by atoms with Gasteiger partial charge in [-0.3, -0.25) is 4.98 Å². The molecule has 2 nitrogen and oxygen atoms in total. The maximum Gasteiger partial charge on any atom is 0.0704 e. The van der Waals surface area contributed by atoms with Gasteiger partial charge >= 0.3 is 0 Å². The van der Waals surface area contributed by atoms with Crippen molar-refractivity contribution >= 4 is 5.69 Å². The Kier molecular flexibility index (Phi) is 4.20. The summed E-state index contributed by atoms with van der Waals surface area (Å²) in [6.07, 6.45) is 3.02. The van der Waals surface area contributed by atoms with Crippen LogP contribution >= 0.6 is 0 Å². The number of anilines is 1. The summed E-state index contributed by atoms with van der Waals surface area (Å²) >= 11 is 0. The van der Waals surface area contributed by atoms with Crippen molar-refractivity contribution in [3.8, 4) is 11.3 Å². The van der Waals surface area contributed by atoms with Crippen LogP contribution < -0.4 is 4.90 Å². The lowest BCUT2D eigenvalue weighted by Gasteiger charge is -2.12. The molecule has 2 aromatic rings. The SMILES string of the molecule is CC.Cc1ccnc(-c2ccc3c(c2)CCN3C)c1. The first-order valence-corrected chi connectivity index (χ1v) is 7.01. The van der Waals surface area contributed by atoms with E-state index in [-0.39, 0.29) is 0 Å². The van der Waals surface area contributed by atoms with Crippen LogP contribution in [0.5, 0.6) is 0 Å². The first-order chi connectivity index (χ1) is 9.24. The number of aryl methyl sites for hydroxylation is 1. The van der Waals surface area contributed by atoms with Crippen LogP contribution in [0.1, 0.15) is 25.0 Å². The fourth-order valence-corrected chi connectivity index (χ4v) is 2.42. The normalized spacial score (nSPS) is 12.7. The number of fused-ring (bicyclic) bond motifs is 1. The molecule has 0 N–H and O–H groups in total. The Morgan fingerprint density at radius 3 is 2.63 bits per heavy atom. The molecule has 0 spiro atoms. The average molecular weight is 254 g/mol. The van der Waals surface area contributed by atoms with Gasteiger partial charge in [-0.15, -0.1) is 0 Å². The lowest BCUT2D eigenvalue weighted by Crippen LogP contribution is -2.12. The molecule has 2 heterocycles. The van der Waals surface area contributed by atoms with Crippen molar-refractivity contribution < 1.29 is 0 Å². The number of hydrogen-bond donors (Lipinski definition) is 0. The zero-order valence-electron chi connectivity index (χ0n) is 12.3. The van der Waals surface area contributed by atoms with Gasteiger partial charge in [-0.2, -0.15) is 0 Å². The Morgan fingerprint density at radius 2 is 1.89 bits per heavy atom. The second-order valence-electron chi connectivity index (χ2n) is 4.73. The van der Waals surface area contributed by atoms with E-state index in [4.69, 9.17) is 0 Å². The number of benzene rings is 1. The topological polar surface area (TPSA) is 16.1 Å². The molecule has 0 bridgehead atoms. The Labute approximate surface area is 116 Å². The molecule has 1 aromatic heterocycles. The molecule has 1 aromatic carbocycles. The van der Waals surface area contributed by atoms with E-state index in [9.17, 15) is 0 Å². The van der Waals surface area contributed by atoms with Gasteiger partial charge in [0.2, 0.25) is 0 Å². The minimum atomic E-state index is 1.07. The summed E-state index contributed by atoms with van der Waals surface area (Å²) in [4.78, 5) is 6.75. The molecule has 0 aliphatic carbocycles. The second kappa shape index (κ2) is 5.87. The minimum absolute atomic E-state index is 1.07. The predicted octanol–water partition coefficient (Wildman–Crippen LogP) is 4.08. The molecule has 0 unspecified atom stereocenters. The molecule has 1 aliphatic rings. The van der Waals surface area contributed by atoms with Crippen molar-refractivity contribution in [1.29, 1.82) is 0 Å². The molecule has 0 amide bonds. The van der Waals surface area contributed by atoms with Gasteiger partial charge in [0, 0.05) is 31.0 Å². The smallest absolute Gasteiger partial charge is 0.0704 e. The lowest BCUT2D eigenvalue weighted by atomic mass is 10.0. The van der Waals surface area contributed by atoms with Gasteiger partial charge in [0.05, 0.1) is 5.69 Å². The highest BCUT2D eigenvalue weighted by Gasteiger charge is 2.15. The van der Waals surface area contributed by atoms with Crippen molar-refractivity contribution in [2.75, 3.05) is 18.5 Å². The van der Waals surface area contributed by atoms with Gasteiger partial charge in [-0.05, 0) is 48.7 Å². The fourth-order valence-electron chi connectivity index (χ4n) is 2.42. The quantitative estimate of drug-likeness (QED) is 0.762. The van der Waals surface area contributed by atoms with Crippen LogP contribution in [0.3, 0.4) is 0 Å². The van der Waals surface area contributed by atoms with E-state index in [0.717, 1.165) is 18.7 Å². The number of hydrogen-bond acceptors (Lipinski definition) is 2. The summed E-state index contributed by atoms with van der Waals surface area (Å²) in [5, 5.41) is 0. The van der Waals surface area contributed by atoms with Crippen LogP contribution in [0.25, 0.3) is 11.3 Å². The summed E-state index contributed by atoms with van der Waals surface area (Å²) in [6, 6.07) is 10.8. The van der Waals surface area contributed by atoms with E-state index >= 15 is 0 Å². The predicted molar refractivity (Wildman–Crippen MR) is 82.7 cm³/mol. The van der Waals surface area contributed by atoms with Gasteiger partial charge < -0.3 is 4.90 Å². The molecule has 0 fully saturated rings. The van der Waals surface area contributed by atoms with Crippen LogP contribution in [-0.4, -0.2) is 18.6 Å². The highest BCUT2D eigenvalue weighted by Crippen LogP contribution is 2.30. The zero-order chi connectivity index (χ0) is 13.8. The minimum Gasteiger partial charge on any atom is -0.374 e. The molecule has 0 atom stereocenters. The molecular formula is C17H22N2. The highest BCUT2D eigenvalue weighted by molar-refractivity contribution is 5.68. The third-order valence-corrected chi connectivity index (χ3v) is 3.42. The van der Waals surface area contributed by atoms with E-state index in [1.807, 2.05) is 26.1 Å². The van der Waals surface area contributed by atoms with E-state index in [1.54, 1.807) is 0 Å². The summed E-state index contributed by atoms with van der Waals surface area (Å²) < 4.78 is 0. The Hall–Kier alpha value is -1.83. The maximum atomic E-state index is 4.44. The number of pyridine rings is 1. The molecule has 100 valence electrons. The third-order valence-electron chi connectivity index (χ3n) is 3.42. The lowest BCUT2D eigenvalue weighted by molar-refractivity contribution is 0.956. The van der Waals surface area contributed by atoms with Gasteiger partial charge in [0.25, 0.3) is 0 Å². The maximum absolute atomic E-state index is 4.44. The molecule has 19 heavy (non-hydrogen) atoms. The summed E-state index contributed by atoms with van der Waals surface area (Å²) in [6.45, 7) is 7.23. The molecular weight excluding hydrogens is 232 g/mol. The summed E-state index contributed by atoms with van der Waals surface area (Å²) in [7, 11) is 2.15. The summed E-state index contributed by atoms with van der Waals surface area (Å²) in [5.74, 6) is 0. The largest absolute Gasteiger partial charge is 0.374 e. The molecule has 0 saturated heterocycles. The van der Waals surface area contributed by atoms with Crippen molar-refractivity contribution in [2.45, 2.75) is 27.2 Å². The fraction of sp³-hybridized carbons (Fsp3) is 0.353. The van der Waals surface area contributed by atoms with Crippen molar-refractivity contribution in [3.05, 3.63) is 47.7 Å². The number of aromatic nitrogens is 1. The standard InChI is InChI=1S/C15H16N2.C2H6/c1-11-5-7-16-14(9-11)12-3-4-15-13(10-12)6-8-17(15)2;1-2/h3-5,7,9-10H,6,8H2,1-2H3;1-2H3. The Bertz CT molecular complexity index is 561. The average Bonchev–Trinajstić information content (AvgIpc) is 2.82. The van der Waals surface area contributed by atoms with Gasteiger partial charge in [0.15, 0.2) is 0 Å². The van der Waals surface area contributed by atoms with E-state index in [2.05, 4.69) is 48.1 Å². The molecule has 1 aliphatic heterocycles. The first kappa shape index (κ1) is 13.6. The zero-order valence-corrected chi connectivity index (χ0v) is 12.3. The number of rotatable bonds is 1. The summed E-state index contributed by atoms with van der Waals surface area (Å²) in [5.41, 5.74) is 6.35. The van der Waals surface area contributed by atoms with Crippen LogP contribution in [0.4, 0.5) is 5.69 Å². The van der Waals surface area contributed by atoms with Crippen LogP contribution in [0, 0.1) is 6.92 Å². The second-order valence-corrected chi connectivity index (χ2v) is 4.73. The van der Waals surface area contributed by atoms with Crippen molar-refractivity contribution in [3.63, 3.8) is 0 Å². The monoisotopic (exact) mass is 254 g/mol. The van der Waals surface area contributed by atoms with E-state index in [0.29, 0.717) is 0 Å². The first-order valence-electron chi connectivity index (χ1n) is 7.01.